The molecule has 1 unspecified atom stereocenters. The van der Waals surface area contributed by atoms with E-state index in [4.69, 9.17) is 5.73 Å². The third-order valence-corrected chi connectivity index (χ3v) is 4.48. The summed E-state index contributed by atoms with van der Waals surface area (Å²) in [5.74, 6) is 0.957. The Morgan fingerprint density at radius 3 is 2.59 bits per heavy atom. The van der Waals surface area contributed by atoms with E-state index < -0.39 is 0 Å². The topological polar surface area (TPSA) is 59.2 Å². The Kier molecular flexibility index (Phi) is 6.37. The van der Waals surface area contributed by atoms with Gasteiger partial charge in [0, 0.05) is 12.7 Å². The van der Waals surface area contributed by atoms with Crippen LogP contribution in [-0.4, -0.2) is 28.9 Å². The highest BCUT2D eigenvalue weighted by Crippen LogP contribution is 2.38. The SMILES string of the molecule is CC(C)CN(C(=O)CN)C(c1ccccn1)C1CCCCC1. The summed E-state index contributed by atoms with van der Waals surface area (Å²) in [6.45, 7) is 5.11. The molecule has 2 N–H and O–H groups in total. The third-order valence-electron chi connectivity index (χ3n) is 4.48. The molecule has 1 aliphatic rings. The summed E-state index contributed by atoms with van der Waals surface area (Å²) in [6, 6.07) is 6.06. The number of hydrogen-bond donors (Lipinski definition) is 1. The van der Waals surface area contributed by atoms with Crippen LogP contribution in [0.1, 0.15) is 57.7 Å². The van der Waals surface area contributed by atoms with Crippen molar-refractivity contribution >= 4 is 5.91 Å². The van der Waals surface area contributed by atoms with Crippen LogP contribution < -0.4 is 5.73 Å². The first kappa shape index (κ1) is 16.9. The van der Waals surface area contributed by atoms with Crippen molar-refractivity contribution in [2.45, 2.75) is 52.0 Å². The van der Waals surface area contributed by atoms with Gasteiger partial charge in [-0.25, -0.2) is 0 Å². The molecule has 1 aliphatic carbocycles. The molecule has 0 aliphatic heterocycles. The molecule has 0 bridgehead atoms. The highest BCUT2D eigenvalue weighted by atomic mass is 16.2. The van der Waals surface area contributed by atoms with E-state index in [1.165, 1.54) is 32.1 Å². The number of amides is 1. The quantitative estimate of drug-likeness (QED) is 0.878. The number of nitrogens with zero attached hydrogens (tertiary/aromatic N) is 2. The maximum atomic E-state index is 12.5. The van der Waals surface area contributed by atoms with Gasteiger partial charge in [-0.3, -0.25) is 9.78 Å². The highest BCUT2D eigenvalue weighted by Gasteiger charge is 2.33. The molecule has 0 saturated heterocycles. The lowest BCUT2D eigenvalue weighted by Crippen LogP contribution is -2.44. The van der Waals surface area contributed by atoms with Crippen LogP contribution >= 0.6 is 0 Å². The van der Waals surface area contributed by atoms with Crippen molar-refractivity contribution < 1.29 is 4.79 Å². The van der Waals surface area contributed by atoms with Crippen molar-refractivity contribution in [2.75, 3.05) is 13.1 Å². The molecule has 4 nitrogen and oxygen atoms in total. The molecule has 0 spiro atoms. The van der Waals surface area contributed by atoms with Crippen LogP contribution in [0.25, 0.3) is 0 Å². The molecule has 1 aromatic rings. The molecule has 1 amide bonds. The zero-order chi connectivity index (χ0) is 15.9. The molecule has 1 aromatic heterocycles. The Morgan fingerprint density at radius 1 is 1.32 bits per heavy atom. The van der Waals surface area contributed by atoms with Crippen molar-refractivity contribution in [1.82, 2.24) is 9.88 Å². The Bertz CT molecular complexity index is 455. The van der Waals surface area contributed by atoms with Crippen molar-refractivity contribution in [3.63, 3.8) is 0 Å². The first-order valence-corrected chi connectivity index (χ1v) is 8.54. The third kappa shape index (κ3) is 4.29. The Balaban J connectivity index is 2.33. The number of nitrogens with two attached hydrogens (primary N) is 1. The number of pyridine rings is 1. The molecule has 1 saturated carbocycles. The van der Waals surface area contributed by atoms with E-state index in [1.54, 1.807) is 0 Å². The van der Waals surface area contributed by atoms with E-state index in [0.717, 1.165) is 12.2 Å². The van der Waals surface area contributed by atoms with Gasteiger partial charge < -0.3 is 10.6 Å². The van der Waals surface area contributed by atoms with Crippen LogP contribution in [0, 0.1) is 11.8 Å². The predicted octanol–water partition coefficient (Wildman–Crippen LogP) is 3.15. The maximum Gasteiger partial charge on any atom is 0.236 e. The van der Waals surface area contributed by atoms with Crippen LogP contribution in [-0.2, 0) is 4.79 Å². The second-order valence-electron chi connectivity index (χ2n) is 6.74. The fourth-order valence-electron chi connectivity index (χ4n) is 3.54. The number of carbonyl (C=O) groups excluding carboxylic acids is 1. The maximum absolute atomic E-state index is 12.5. The normalized spacial score (nSPS) is 17.5. The summed E-state index contributed by atoms with van der Waals surface area (Å²) in [4.78, 5) is 19.0. The summed E-state index contributed by atoms with van der Waals surface area (Å²) in [5, 5.41) is 0. The number of aromatic nitrogens is 1. The summed E-state index contributed by atoms with van der Waals surface area (Å²) in [7, 11) is 0. The van der Waals surface area contributed by atoms with Gasteiger partial charge in [0.2, 0.25) is 5.91 Å². The summed E-state index contributed by atoms with van der Waals surface area (Å²) < 4.78 is 0. The lowest BCUT2D eigenvalue weighted by Gasteiger charge is -2.39. The van der Waals surface area contributed by atoms with Crippen molar-refractivity contribution in [3.05, 3.63) is 30.1 Å². The molecule has 1 fully saturated rings. The van der Waals surface area contributed by atoms with E-state index in [2.05, 4.69) is 24.9 Å². The van der Waals surface area contributed by atoms with Gasteiger partial charge in [0.05, 0.1) is 18.3 Å². The van der Waals surface area contributed by atoms with Crippen molar-refractivity contribution in [1.29, 1.82) is 0 Å². The Morgan fingerprint density at radius 2 is 2.05 bits per heavy atom. The zero-order valence-corrected chi connectivity index (χ0v) is 13.9. The van der Waals surface area contributed by atoms with E-state index in [9.17, 15) is 4.79 Å². The van der Waals surface area contributed by atoms with Crippen LogP contribution in [0.2, 0.25) is 0 Å². The van der Waals surface area contributed by atoms with Crippen molar-refractivity contribution in [3.8, 4) is 0 Å². The standard InChI is InChI=1S/C18H29N3O/c1-14(2)13-21(17(22)12-19)18(15-8-4-3-5-9-15)16-10-6-7-11-20-16/h6-7,10-11,14-15,18H,3-5,8-9,12-13,19H2,1-2H3. The highest BCUT2D eigenvalue weighted by molar-refractivity contribution is 5.78. The minimum atomic E-state index is 0.0370. The van der Waals surface area contributed by atoms with Gasteiger partial charge in [-0.1, -0.05) is 39.2 Å². The number of rotatable bonds is 6. The Labute approximate surface area is 134 Å². The van der Waals surface area contributed by atoms with Gasteiger partial charge >= 0.3 is 0 Å². The fraction of sp³-hybridized carbons (Fsp3) is 0.667. The minimum absolute atomic E-state index is 0.0370. The van der Waals surface area contributed by atoms with Crippen molar-refractivity contribution in [2.24, 2.45) is 17.6 Å². The smallest absolute Gasteiger partial charge is 0.236 e. The van der Waals surface area contributed by atoms with E-state index >= 15 is 0 Å². The molecule has 0 radical (unpaired) electrons. The van der Waals surface area contributed by atoms with E-state index in [1.807, 2.05) is 23.2 Å². The second-order valence-corrected chi connectivity index (χ2v) is 6.74. The predicted molar refractivity (Wildman–Crippen MR) is 89.2 cm³/mol. The monoisotopic (exact) mass is 303 g/mol. The molecule has 1 heterocycles. The van der Waals surface area contributed by atoms with Gasteiger partial charge in [-0.2, -0.15) is 0 Å². The zero-order valence-electron chi connectivity index (χ0n) is 13.9. The molecule has 2 rings (SSSR count). The molecule has 1 atom stereocenters. The Hall–Kier alpha value is -1.42. The molecule has 22 heavy (non-hydrogen) atoms. The molecule has 122 valence electrons. The molecule has 0 aromatic carbocycles. The van der Waals surface area contributed by atoms with Gasteiger partial charge in [0.1, 0.15) is 0 Å². The fourth-order valence-corrected chi connectivity index (χ4v) is 3.54. The summed E-state index contributed by atoms with van der Waals surface area (Å²) in [5.41, 5.74) is 6.69. The summed E-state index contributed by atoms with van der Waals surface area (Å²) in [6.07, 6.45) is 7.98. The largest absolute Gasteiger partial charge is 0.332 e. The molecular weight excluding hydrogens is 274 g/mol. The minimum Gasteiger partial charge on any atom is -0.332 e. The first-order valence-electron chi connectivity index (χ1n) is 8.54. The first-order chi connectivity index (χ1) is 10.6. The van der Waals surface area contributed by atoms with Gasteiger partial charge in [0.15, 0.2) is 0 Å². The molecule has 4 heteroatoms. The van der Waals surface area contributed by atoms with Gasteiger partial charge in [0.25, 0.3) is 0 Å². The van der Waals surface area contributed by atoms with Gasteiger partial charge in [-0.05, 0) is 36.8 Å². The molecular formula is C18H29N3O. The van der Waals surface area contributed by atoms with Crippen LogP contribution in [0.4, 0.5) is 0 Å². The van der Waals surface area contributed by atoms with E-state index in [0.29, 0.717) is 11.8 Å². The lowest BCUT2D eigenvalue weighted by molar-refractivity contribution is -0.134. The second kappa shape index (κ2) is 8.28. The summed E-state index contributed by atoms with van der Waals surface area (Å²) >= 11 is 0. The average Bonchev–Trinajstić information content (AvgIpc) is 2.55. The van der Waals surface area contributed by atoms with Crippen LogP contribution in [0.3, 0.4) is 0 Å². The number of hydrogen-bond acceptors (Lipinski definition) is 3. The number of carbonyl (C=O) groups is 1. The average molecular weight is 303 g/mol. The van der Waals surface area contributed by atoms with Gasteiger partial charge in [-0.15, -0.1) is 0 Å². The van der Waals surface area contributed by atoms with Crippen LogP contribution in [0.5, 0.6) is 0 Å². The van der Waals surface area contributed by atoms with Crippen LogP contribution in [0.15, 0.2) is 24.4 Å². The lowest BCUT2D eigenvalue weighted by atomic mass is 9.81. The van der Waals surface area contributed by atoms with E-state index in [-0.39, 0.29) is 18.5 Å².